The zero-order valence-electron chi connectivity index (χ0n) is 15.1. The Labute approximate surface area is 165 Å². The van der Waals surface area contributed by atoms with Gasteiger partial charge in [0.25, 0.3) is 5.91 Å². The molecule has 0 bridgehead atoms. The minimum atomic E-state index is -0.148. The summed E-state index contributed by atoms with van der Waals surface area (Å²) in [4.78, 5) is 19.4. The van der Waals surface area contributed by atoms with Gasteiger partial charge < -0.3 is 9.47 Å². The minimum absolute atomic E-state index is 0.148. The number of nitrogens with zero attached hydrogens (tertiary/aromatic N) is 4. The number of rotatable bonds is 6. The first-order chi connectivity index (χ1) is 13.0. The molecule has 1 saturated heterocycles. The Morgan fingerprint density at radius 3 is 2.74 bits per heavy atom. The first-order valence-corrected chi connectivity index (χ1v) is 9.62. The smallest absolute Gasteiger partial charge is 0.267 e. The fraction of sp³-hybridized carbons (Fsp3) is 0.222. The number of benzene rings is 1. The maximum atomic E-state index is 12.9. The summed E-state index contributed by atoms with van der Waals surface area (Å²) in [5.74, 6) is 1.18. The molecule has 7 nitrogen and oxygen atoms in total. The number of thioether (sulfide) groups is 1. The molecule has 27 heavy (non-hydrogen) atoms. The molecule has 1 fully saturated rings. The van der Waals surface area contributed by atoms with Crippen LogP contribution in [0.2, 0.25) is 0 Å². The van der Waals surface area contributed by atoms with Gasteiger partial charge in [-0.1, -0.05) is 17.4 Å². The van der Waals surface area contributed by atoms with Crippen molar-refractivity contribution in [2.45, 2.75) is 6.92 Å². The van der Waals surface area contributed by atoms with Crippen molar-refractivity contribution in [2.24, 2.45) is 4.99 Å². The normalized spacial score (nSPS) is 17.0. The Balaban J connectivity index is 1.99. The summed E-state index contributed by atoms with van der Waals surface area (Å²) in [5.41, 5.74) is 0.749. The highest BCUT2D eigenvalue weighted by Gasteiger charge is 2.33. The van der Waals surface area contributed by atoms with Crippen molar-refractivity contribution in [2.75, 3.05) is 20.8 Å². The molecule has 1 amide bonds. The number of amidine groups is 1. The molecule has 0 spiro atoms. The predicted molar refractivity (Wildman–Crippen MR) is 109 cm³/mol. The number of carbonyl (C=O) groups is 1. The molecule has 2 heterocycles. The van der Waals surface area contributed by atoms with Crippen LogP contribution in [0.15, 0.2) is 40.8 Å². The Bertz CT molecular complexity index is 936. The van der Waals surface area contributed by atoms with Gasteiger partial charge in [-0.05, 0) is 43.0 Å². The van der Waals surface area contributed by atoms with Crippen LogP contribution in [0.25, 0.3) is 6.08 Å². The zero-order valence-corrected chi connectivity index (χ0v) is 16.8. The van der Waals surface area contributed by atoms with Crippen LogP contribution in [0.5, 0.6) is 11.5 Å². The van der Waals surface area contributed by atoms with E-state index in [0.29, 0.717) is 33.2 Å². The van der Waals surface area contributed by atoms with E-state index in [1.54, 1.807) is 43.4 Å². The summed E-state index contributed by atoms with van der Waals surface area (Å²) in [6.45, 7) is 5.94. The van der Waals surface area contributed by atoms with Crippen molar-refractivity contribution >= 4 is 45.4 Å². The van der Waals surface area contributed by atoms with Crippen molar-refractivity contribution in [1.29, 1.82) is 0 Å². The molecule has 0 aliphatic carbocycles. The number of aliphatic imine (C=N–C) groups is 1. The number of ether oxygens (including phenoxy) is 2. The van der Waals surface area contributed by atoms with Gasteiger partial charge in [0.2, 0.25) is 5.13 Å². The lowest BCUT2D eigenvalue weighted by Crippen LogP contribution is -2.29. The maximum absolute atomic E-state index is 12.9. The quantitative estimate of drug-likeness (QED) is 0.542. The highest BCUT2D eigenvalue weighted by Crippen LogP contribution is 2.36. The SMILES string of the molecule is C=CCN1C(=O)/C(=C\c2cc(OC)ccc2OC)SC1=Nc1nnc(C)s1. The first kappa shape index (κ1) is 19.1. The number of aromatic nitrogens is 2. The van der Waals surface area contributed by atoms with Gasteiger partial charge in [-0.3, -0.25) is 9.69 Å². The largest absolute Gasteiger partial charge is 0.497 e. The average Bonchev–Trinajstić information content (AvgIpc) is 3.20. The van der Waals surface area contributed by atoms with Gasteiger partial charge in [0, 0.05) is 12.1 Å². The summed E-state index contributed by atoms with van der Waals surface area (Å²) in [6, 6.07) is 5.43. The van der Waals surface area contributed by atoms with Crippen molar-refractivity contribution < 1.29 is 14.3 Å². The summed E-state index contributed by atoms with van der Waals surface area (Å²) >= 11 is 2.65. The van der Waals surface area contributed by atoms with Crippen LogP contribution in [0.4, 0.5) is 5.13 Å². The molecule has 0 unspecified atom stereocenters. The standard InChI is InChI=1S/C18H18N4O3S2/c1-5-8-22-16(23)15(27-18(22)19-17-21-20-11(2)26-17)10-12-9-13(24-3)6-7-14(12)25-4/h5-7,9-10H,1,8H2,2-4H3/b15-10+,19-18?. The average molecular weight is 403 g/mol. The summed E-state index contributed by atoms with van der Waals surface area (Å²) in [5, 5.41) is 9.84. The monoisotopic (exact) mass is 402 g/mol. The molecule has 2 aromatic rings. The number of aryl methyl sites for hydroxylation is 1. The Hall–Kier alpha value is -2.65. The topological polar surface area (TPSA) is 76.9 Å². The van der Waals surface area contributed by atoms with Crippen LogP contribution in [0.1, 0.15) is 10.6 Å². The van der Waals surface area contributed by atoms with Crippen LogP contribution in [-0.4, -0.2) is 46.9 Å². The molecule has 9 heteroatoms. The van der Waals surface area contributed by atoms with Gasteiger partial charge in [0.15, 0.2) is 5.17 Å². The predicted octanol–water partition coefficient (Wildman–Crippen LogP) is 3.65. The van der Waals surface area contributed by atoms with Crippen LogP contribution >= 0.6 is 23.1 Å². The second kappa shape index (κ2) is 8.36. The highest BCUT2D eigenvalue weighted by atomic mass is 32.2. The van der Waals surface area contributed by atoms with E-state index in [0.717, 1.165) is 10.6 Å². The van der Waals surface area contributed by atoms with Crippen molar-refractivity contribution in [3.63, 3.8) is 0 Å². The Kier molecular flexibility index (Phi) is 5.92. The van der Waals surface area contributed by atoms with Gasteiger partial charge in [-0.2, -0.15) is 4.99 Å². The molecule has 1 aromatic heterocycles. The van der Waals surface area contributed by atoms with E-state index in [1.165, 1.54) is 23.1 Å². The number of carbonyl (C=O) groups excluding carboxylic acids is 1. The van der Waals surface area contributed by atoms with E-state index in [9.17, 15) is 4.79 Å². The number of hydrogen-bond acceptors (Lipinski definition) is 8. The maximum Gasteiger partial charge on any atom is 0.267 e. The van der Waals surface area contributed by atoms with Gasteiger partial charge in [-0.15, -0.1) is 16.8 Å². The lowest BCUT2D eigenvalue weighted by molar-refractivity contribution is -0.121. The van der Waals surface area contributed by atoms with Crippen LogP contribution in [-0.2, 0) is 4.79 Å². The molecule has 1 aliphatic heterocycles. The van der Waals surface area contributed by atoms with Crippen LogP contribution < -0.4 is 9.47 Å². The van der Waals surface area contributed by atoms with Gasteiger partial charge in [0.05, 0.1) is 19.1 Å². The zero-order chi connectivity index (χ0) is 19.4. The van der Waals surface area contributed by atoms with E-state index in [1.807, 2.05) is 13.0 Å². The molecule has 0 atom stereocenters. The second-order valence-electron chi connectivity index (χ2n) is 5.42. The molecule has 0 radical (unpaired) electrons. The van der Waals surface area contributed by atoms with Crippen molar-refractivity contribution in [3.8, 4) is 11.5 Å². The van der Waals surface area contributed by atoms with Crippen LogP contribution in [0.3, 0.4) is 0 Å². The van der Waals surface area contributed by atoms with E-state index >= 15 is 0 Å². The van der Waals surface area contributed by atoms with Gasteiger partial charge in [-0.25, -0.2) is 0 Å². The summed E-state index contributed by atoms with van der Waals surface area (Å²) in [7, 11) is 3.18. The number of amides is 1. The van der Waals surface area contributed by atoms with E-state index in [-0.39, 0.29) is 5.91 Å². The minimum Gasteiger partial charge on any atom is -0.497 e. The lowest BCUT2D eigenvalue weighted by atomic mass is 10.1. The molecular weight excluding hydrogens is 384 g/mol. The first-order valence-electron chi connectivity index (χ1n) is 7.99. The highest BCUT2D eigenvalue weighted by molar-refractivity contribution is 8.18. The lowest BCUT2D eigenvalue weighted by Gasteiger charge is -2.11. The van der Waals surface area contributed by atoms with E-state index in [4.69, 9.17) is 9.47 Å². The van der Waals surface area contributed by atoms with Crippen molar-refractivity contribution in [1.82, 2.24) is 15.1 Å². The molecule has 0 N–H and O–H groups in total. The molecule has 140 valence electrons. The number of hydrogen-bond donors (Lipinski definition) is 0. The number of methoxy groups -OCH3 is 2. The van der Waals surface area contributed by atoms with Gasteiger partial charge >= 0.3 is 0 Å². The molecular formula is C18H18N4O3S2. The molecule has 3 rings (SSSR count). The van der Waals surface area contributed by atoms with E-state index < -0.39 is 0 Å². The summed E-state index contributed by atoms with van der Waals surface area (Å²) < 4.78 is 10.7. The third-order valence-corrected chi connectivity index (χ3v) is 5.37. The fourth-order valence-corrected chi connectivity index (χ4v) is 3.99. The van der Waals surface area contributed by atoms with Crippen molar-refractivity contribution in [3.05, 3.63) is 46.3 Å². The summed E-state index contributed by atoms with van der Waals surface area (Å²) in [6.07, 6.45) is 3.44. The molecule has 1 aliphatic rings. The third-order valence-electron chi connectivity index (χ3n) is 3.63. The van der Waals surface area contributed by atoms with Gasteiger partial charge in [0.1, 0.15) is 16.5 Å². The van der Waals surface area contributed by atoms with Crippen LogP contribution in [0, 0.1) is 6.92 Å². The fourth-order valence-electron chi connectivity index (χ4n) is 2.39. The Morgan fingerprint density at radius 2 is 2.11 bits per heavy atom. The molecule has 0 saturated carbocycles. The third kappa shape index (κ3) is 4.20. The Morgan fingerprint density at radius 1 is 1.30 bits per heavy atom. The van der Waals surface area contributed by atoms with E-state index in [2.05, 4.69) is 21.8 Å². The second-order valence-corrected chi connectivity index (χ2v) is 7.59. The molecule has 1 aromatic carbocycles.